The lowest BCUT2D eigenvalue weighted by Gasteiger charge is -2.29. The molecule has 1 aromatic heterocycles. The SMILES string of the molecule is Cc1ncsc1-c1ccc(CNC(=O)C2CC(O)CN2C(=O)C(NC(=O)CC(C)C)c2ccccc2)cc1. The molecule has 4 rings (SSSR count). The van der Waals surface area contributed by atoms with Gasteiger partial charge in [0.1, 0.15) is 12.1 Å². The second-order valence-electron chi connectivity index (χ2n) is 10.1. The summed E-state index contributed by atoms with van der Waals surface area (Å²) >= 11 is 1.59. The van der Waals surface area contributed by atoms with Crippen LogP contribution in [0.3, 0.4) is 0 Å². The lowest BCUT2D eigenvalue weighted by molar-refractivity contribution is -0.141. The summed E-state index contributed by atoms with van der Waals surface area (Å²) in [6.45, 7) is 6.17. The summed E-state index contributed by atoms with van der Waals surface area (Å²) in [7, 11) is 0. The quantitative estimate of drug-likeness (QED) is 0.388. The van der Waals surface area contributed by atoms with Gasteiger partial charge in [0.25, 0.3) is 5.91 Å². The monoisotopic (exact) mass is 534 g/mol. The van der Waals surface area contributed by atoms with Gasteiger partial charge in [-0.25, -0.2) is 4.98 Å². The van der Waals surface area contributed by atoms with Gasteiger partial charge < -0.3 is 20.6 Å². The van der Waals surface area contributed by atoms with Crippen molar-refractivity contribution >= 4 is 29.1 Å². The van der Waals surface area contributed by atoms with Crippen LogP contribution < -0.4 is 10.6 Å². The molecule has 1 saturated heterocycles. The lowest BCUT2D eigenvalue weighted by Crippen LogP contribution is -2.50. The smallest absolute Gasteiger partial charge is 0.250 e. The molecule has 1 fully saturated rings. The molecule has 1 aliphatic rings. The van der Waals surface area contributed by atoms with E-state index in [0.717, 1.165) is 21.7 Å². The Bertz CT molecular complexity index is 1260. The second kappa shape index (κ2) is 12.3. The molecule has 8 nitrogen and oxygen atoms in total. The third-order valence-electron chi connectivity index (χ3n) is 6.57. The van der Waals surface area contributed by atoms with Gasteiger partial charge in [-0.1, -0.05) is 68.4 Å². The van der Waals surface area contributed by atoms with Gasteiger partial charge in [0.05, 0.1) is 22.2 Å². The van der Waals surface area contributed by atoms with Crippen molar-refractivity contribution in [2.75, 3.05) is 6.54 Å². The standard InChI is InChI=1S/C29H34N4O4S/c1-18(2)13-25(35)32-26(21-7-5-4-6-8-21)29(37)33-16-23(34)14-24(33)28(36)30-15-20-9-11-22(12-10-20)27-19(3)31-17-38-27/h4-12,17-18,23-24,26,34H,13-16H2,1-3H3,(H,30,36)(H,32,35). The zero-order valence-electron chi connectivity index (χ0n) is 21.9. The average molecular weight is 535 g/mol. The molecule has 3 unspecified atom stereocenters. The van der Waals surface area contributed by atoms with Gasteiger partial charge in [-0.05, 0) is 29.5 Å². The second-order valence-corrected chi connectivity index (χ2v) is 10.9. The van der Waals surface area contributed by atoms with Crippen LogP contribution in [0.5, 0.6) is 0 Å². The largest absolute Gasteiger partial charge is 0.391 e. The van der Waals surface area contributed by atoms with Crippen LogP contribution in [0.15, 0.2) is 60.1 Å². The Labute approximate surface area is 227 Å². The van der Waals surface area contributed by atoms with Crippen LogP contribution in [0.25, 0.3) is 10.4 Å². The van der Waals surface area contributed by atoms with E-state index in [1.165, 1.54) is 4.90 Å². The minimum atomic E-state index is -0.939. The Hall–Kier alpha value is -3.56. The van der Waals surface area contributed by atoms with E-state index >= 15 is 0 Å². The molecule has 0 bridgehead atoms. The van der Waals surface area contributed by atoms with E-state index in [0.29, 0.717) is 12.1 Å². The molecule has 3 atom stereocenters. The first-order chi connectivity index (χ1) is 18.2. The number of rotatable bonds is 9. The number of β-amino-alcohol motifs (C(OH)–C–C–N with tert-alkyl or cyclic N) is 1. The molecule has 2 aromatic carbocycles. The number of aryl methyl sites for hydroxylation is 1. The molecular formula is C29H34N4O4S. The molecule has 0 spiro atoms. The maximum absolute atomic E-state index is 13.7. The molecule has 3 aromatic rings. The fourth-order valence-electron chi connectivity index (χ4n) is 4.66. The normalized spacial score (nSPS) is 17.9. The fraction of sp³-hybridized carbons (Fsp3) is 0.379. The van der Waals surface area contributed by atoms with E-state index in [1.807, 2.05) is 56.6 Å². The zero-order valence-corrected chi connectivity index (χ0v) is 22.7. The van der Waals surface area contributed by atoms with Gasteiger partial charge in [-0.3, -0.25) is 14.4 Å². The summed E-state index contributed by atoms with van der Waals surface area (Å²) in [4.78, 5) is 46.3. The van der Waals surface area contributed by atoms with E-state index in [1.54, 1.807) is 35.6 Å². The van der Waals surface area contributed by atoms with Crippen LogP contribution in [0, 0.1) is 12.8 Å². The first kappa shape index (κ1) is 27.5. The molecule has 0 radical (unpaired) electrons. The molecule has 9 heteroatoms. The van der Waals surface area contributed by atoms with Crippen molar-refractivity contribution in [2.24, 2.45) is 5.92 Å². The lowest BCUT2D eigenvalue weighted by atomic mass is 10.0. The van der Waals surface area contributed by atoms with Crippen molar-refractivity contribution in [2.45, 2.75) is 58.3 Å². The number of aliphatic hydroxyl groups excluding tert-OH is 1. The number of thiazole rings is 1. The highest BCUT2D eigenvalue weighted by atomic mass is 32.1. The molecule has 3 amide bonds. The topological polar surface area (TPSA) is 112 Å². The van der Waals surface area contributed by atoms with Crippen molar-refractivity contribution in [3.63, 3.8) is 0 Å². The van der Waals surface area contributed by atoms with Crippen molar-refractivity contribution in [1.82, 2.24) is 20.5 Å². The Kier molecular flexibility index (Phi) is 8.91. The molecule has 1 aliphatic heterocycles. The summed E-state index contributed by atoms with van der Waals surface area (Å²) in [5.74, 6) is -0.847. The number of carbonyl (C=O) groups is 3. The number of nitrogens with one attached hydrogen (secondary N) is 2. The zero-order chi connectivity index (χ0) is 27.2. The molecule has 3 N–H and O–H groups in total. The number of benzene rings is 2. The van der Waals surface area contributed by atoms with Crippen LogP contribution in [-0.2, 0) is 20.9 Å². The van der Waals surface area contributed by atoms with Crippen molar-refractivity contribution < 1.29 is 19.5 Å². The highest BCUT2D eigenvalue weighted by molar-refractivity contribution is 7.13. The van der Waals surface area contributed by atoms with E-state index < -0.39 is 24.1 Å². The summed E-state index contributed by atoms with van der Waals surface area (Å²) in [6.07, 6.45) is -0.396. The number of hydrogen-bond donors (Lipinski definition) is 3. The van der Waals surface area contributed by atoms with E-state index in [2.05, 4.69) is 15.6 Å². The van der Waals surface area contributed by atoms with Gasteiger partial charge >= 0.3 is 0 Å². The van der Waals surface area contributed by atoms with Crippen molar-refractivity contribution in [3.05, 3.63) is 76.9 Å². The van der Waals surface area contributed by atoms with Crippen LogP contribution in [-0.4, -0.2) is 51.4 Å². The van der Waals surface area contributed by atoms with E-state index in [9.17, 15) is 19.5 Å². The van der Waals surface area contributed by atoms with Crippen LogP contribution in [0.1, 0.15) is 49.6 Å². The van der Waals surface area contributed by atoms with Crippen LogP contribution in [0.4, 0.5) is 0 Å². The third-order valence-corrected chi connectivity index (χ3v) is 7.55. The predicted octanol–water partition coefficient (Wildman–Crippen LogP) is 3.60. The summed E-state index contributed by atoms with van der Waals surface area (Å²) < 4.78 is 0. The summed E-state index contributed by atoms with van der Waals surface area (Å²) in [5, 5.41) is 16.1. The number of nitrogens with zero attached hydrogens (tertiary/aromatic N) is 2. The van der Waals surface area contributed by atoms with E-state index in [-0.39, 0.29) is 37.1 Å². The highest BCUT2D eigenvalue weighted by Gasteiger charge is 2.41. The average Bonchev–Trinajstić information content (AvgIpc) is 3.51. The maximum Gasteiger partial charge on any atom is 0.250 e. The molecule has 38 heavy (non-hydrogen) atoms. The first-order valence-corrected chi connectivity index (χ1v) is 13.7. The van der Waals surface area contributed by atoms with Gasteiger partial charge in [-0.2, -0.15) is 0 Å². The Morgan fingerprint density at radius 1 is 1.11 bits per heavy atom. The Balaban J connectivity index is 1.45. The molecule has 0 saturated carbocycles. The minimum absolute atomic E-state index is 0.0310. The number of aromatic nitrogens is 1. The van der Waals surface area contributed by atoms with E-state index in [4.69, 9.17) is 0 Å². The predicted molar refractivity (Wildman–Crippen MR) is 147 cm³/mol. The molecule has 0 aliphatic carbocycles. The molecule has 200 valence electrons. The summed E-state index contributed by atoms with van der Waals surface area (Å²) in [5.41, 5.74) is 5.42. The number of hydrogen-bond acceptors (Lipinski definition) is 6. The Morgan fingerprint density at radius 3 is 2.45 bits per heavy atom. The number of amides is 3. The number of likely N-dealkylation sites (tertiary alicyclic amines) is 1. The highest BCUT2D eigenvalue weighted by Crippen LogP contribution is 2.28. The fourth-order valence-corrected chi connectivity index (χ4v) is 5.47. The van der Waals surface area contributed by atoms with Gasteiger partial charge in [0.15, 0.2) is 0 Å². The van der Waals surface area contributed by atoms with Gasteiger partial charge in [-0.15, -0.1) is 11.3 Å². The first-order valence-electron chi connectivity index (χ1n) is 12.8. The van der Waals surface area contributed by atoms with Gasteiger partial charge in [0.2, 0.25) is 11.8 Å². The van der Waals surface area contributed by atoms with Gasteiger partial charge in [0, 0.05) is 25.9 Å². The maximum atomic E-state index is 13.7. The summed E-state index contributed by atoms with van der Waals surface area (Å²) in [6, 6.07) is 15.1. The van der Waals surface area contributed by atoms with Crippen molar-refractivity contribution in [3.8, 4) is 10.4 Å². The van der Waals surface area contributed by atoms with Crippen LogP contribution in [0.2, 0.25) is 0 Å². The number of carbonyl (C=O) groups excluding carboxylic acids is 3. The Morgan fingerprint density at radius 2 is 1.82 bits per heavy atom. The van der Waals surface area contributed by atoms with Crippen molar-refractivity contribution in [1.29, 1.82) is 0 Å². The number of aliphatic hydroxyl groups is 1. The molecular weight excluding hydrogens is 500 g/mol. The minimum Gasteiger partial charge on any atom is -0.391 e. The van der Waals surface area contributed by atoms with Crippen LogP contribution >= 0.6 is 11.3 Å². The molecule has 2 heterocycles. The third kappa shape index (κ3) is 6.65.